The minimum absolute atomic E-state index is 0.0546. The van der Waals surface area contributed by atoms with Crippen molar-refractivity contribution in [3.8, 4) is 5.75 Å². The summed E-state index contributed by atoms with van der Waals surface area (Å²) in [5.41, 5.74) is 0. The number of ether oxygens (including phenoxy) is 2. The zero-order valence-corrected chi connectivity index (χ0v) is 12.8. The molecular formula is C14H20N2O4S. The fourth-order valence-corrected chi connectivity index (χ4v) is 4.71. The third-order valence-corrected chi connectivity index (χ3v) is 6.42. The van der Waals surface area contributed by atoms with Crippen molar-refractivity contribution in [3.05, 3.63) is 24.5 Å². The van der Waals surface area contributed by atoms with Crippen LogP contribution >= 0.6 is 0 Å². The number of pyridine rings is 1. The topological polar surface area (TPSA) is 68.7 Å². The maximum Gasteiger partial charge on any atom is 0.217 e. The molecule has 7 heteroatoms. The van der Waals surface area contributed by atoms with E-state index in [0.717, 1.165) is 12.8 Å². The molecule has 21 heavy (non-hydrogen) atoms. The van der Waals surface area contributed by atoms with Gasteiger partial charge in [0.2, 0.25) is 10.0 Å². The van der Waals surface area contributed by atoms with Crippen LogP contribution in [0.25, 0.3) is 0 Å². The fraction of sp³-hybridized carbons (Fsp3) is 0.643. The Hall–Kier alpha value is -1.18. The lowest BCUT2D eigenvalue weighted by molar-refractivity contribution is 0.113. The van der Waals surface area contributed by atoms with Gasteiger partial charge in [0.25, 0.3) is 0 Å². The first-order valence-electron chi connectivity index (χ1n) is 7.17. The van der Waals surface area contributed by atoms with Crippen molar-refractivity contribution < 1.29 is 17.9 Å². The Morgan fingerprint density at radius 2 is 2.24 bits per heavy atom. The lowest BCUT2D eigenvalue weighted by Crippen LogP contribution is -2.41. The van der Waals surface area contributed by atoms with Crippen LogP contribution in [-0.4, -0.2) is 55.4 Å². The van der Waals surface area contributed by atoms with Gasteiger partial charge in [-0.3, -0.25) is 4.98 Å². The summed E-state index contributed by atoms with van der Waals surface area (Å²) in [5, 5.41) is -0.200. The van der Waals surface area contributed by atoms with Gasteiger partial charge in [-0.15, -0.1) is 0 Å². The maximum atomic E-state index is 12.5. The van der Waals surface area contributed by atoms with E-state index in [9.17, 15) is 8.42 Å². The van der Waals surface area contributed by atoms with Crippen LogP contribution in [0.1, 0.15) is 19.3 Å². The van der Waals surface area contributed by atoms with E-state index >= 15 is 0 Å². The molecule has 1 aromatic heterocycles. The van der Waals surface area contributed by atoms with E-state index in [2.05, 4.69) is 4.98 Å². The first-order valence-corrected chi connectivity index (χ1v) is 8.68. The van der Waals surface area contributed by atoms with E-state index in [-0.39, 0.29) is 17.4 Å². The van der Waals surface area contributed by atoms with Gasteiger partial charge in [0.05, 0.1) is 23.6 Å². The molecule has 116 valence electrons. The molecule has 0 spiro atoms. The van der Waals surface area contributed by atoms with Crippen molar-refractivity contribution >= 4 is 10.0 Å². The zero-order chi connectivity index (χ0) is 14.9. The molecule has 2 aliphatic rings. The molecule has 1 aliphatic heterocycles. The van der Waals surface area contributed by atoms with Crippen LogP contribution in [0.15, 0.2) is 24.5 Å². The SMILES string of the molecule is CO[C@@H]1C[C@@H](COc2cccnc2)N(S(=O)(=O)C2CC2)C1. The molecule has 2 fully saturated rings. The molecule has 1 saturated carbocycles. The van der Waals surface area contributed by atoms with E-state index in [0.29, 0.717) is 25.3 Å². The highest BCUT2D eigenvalue weighted by atomic mass is 32.2. The Morgan fingerprint density at radius 1 is 1.43 bits per heavy atom. The van der Waals surface area contributed by atoms with Crippen LogP contribution in [0, 0.1) is 0 Å². The van der Waals surface area contributed by atoms with Gasteiger partial charge in [-0.2, -0.15) is 4.31 Å². The van der Waals surface area contributed by atoms with Gasteiger partial charge < -0.3 is 9.47 Å². The molecule has 2 heterocycles. The van der Waals surface area contributed by atoms with E-state index in [4.69, 9.17) is 9.47 Å². The number of hydrogen-bond donors (Lipinski definition) is 0. The summed E-state index contributed by atoms with van der Waals surface area (Å²) < 4.78 is 37.6. The summed E-state index contributed by atoms with van der Waals surface area (Å²) >= 11 is 0. The molecule has 1 saturated heterocycles. The summed E-state index contributed by atoms with van der Waals surface area (Å²) in [5.74, 6) is 0.655. The Bertz CT molecular complexity index is 574. The third-order valence-electron chi connectivity index (χ3n) is 4.01. The summed E-state index contributed by atoms with van der Waals surface area (Å²) in [6.45, 7) is 0.758. The molecule has 0 radical (unpaired) electrons. The first-order chi connectivity index (χ1) is 10.1. The smallest absolute Gasteiger partial charge is 0.217 e. The summed E-state index contributed by atoms with van der Waals surface area (Å²) in [6, 6.07) is 3.44. The number of rotatable bonds is 6. The van der Waals surface area contributed by atoms with Crippen LogP contribution in [0.2, 0.25) is 0 Å². The Balaban J connectivity index is 1.69. The molecule has 1 aromatic rings. The van der Waals surface area contributed by atoms with Crippen LogP contribution in [0.5, 0.6) is 5.75 Å². The zero-order valence-electron chi connectivity index (χ0n) is 12.0. The van der Waals surface area contributed by atoms with Gasteiger partial charge in [-0.05, 0) is 31.4 Å². The highest BCUT2D eigenvalue weighted by molar-refractivity contribution is 7.90. The van der Waals surface area contributed by atoms with Crippen LogP contribution in [-0.2, 0) is 14.8 Å². The predicted octanol–water partition coefficient (Wildman–Crippen LogP) is 1.04. The lowest BCUT2D eigenvalue weighted by atomic mass is 10.2. The quantitative estimate of drug-likeness (QED) is 0.785. The molecule has 1 aliphatic carbocycles. The van der Waals surface area contributed by atoms with E-state index < -0.39 is 10.0 Å². The number of sulfonamides is 1. The van der Waals surface area contributed by atoms with Crippen LogP contribution in [0.4, 0.5) is 0 Å². The van der Waals surface area contributed by atoms with Crippen molar-refractivity contribution in [2.24, 2.45) is 0 Å². The van der Waals surface area contributed by atoms with Crippen LogP contribution in [0.3, 0.4) is 0 Å². The minimum atomic E-state index is -3.20. The molecule has 0 N–H and O–H groups in total. The Labute approximate surface area is 125 Å². The van der Waals surface area contributed by atoms with Gasteiger partial charge in [0.15, 0.2) is 0 Å². The molecule has 6 nitrogen and oxygen atoms in total. The maximum absolute atomic E-state index is 12.5. The average molecular weight is 312 g/mol. The number of aromatic nitrogens is 1. The van der Waals surface area contributed by atoms with Crippen LogP contribution < -0.4 is 4.74 Å². The van der Waals surface area contributed by atoms with Gasteiger partial charge in [0, 0.05) is 19.9 Å². The Kier molecular flexibility index (Phi) is 4.14. The monoisotopic (exact) mass is 312 g/mol. The average Bonchev–Trinajstić information content (AvgIpc) is 3.27. The first kappa shape index (κ1) is 14.7. The van der Waals surface area contributed by atoms with E-state index in [1.807, 2.05) is 6.07 Å². The molecule has 2 atom stereocenters. The van der Waals surface area contributed by atoms with Crippen molar-refractivity contribution in [2.45, 2.75) is 36.7 Å². The van der Waals surface area contributed by atoms with Crippen molar-refractivity contribution in [1.82, 2.24) is 9.29 Å². The van der Waals surface area contributed by atoms with E-state index in [1.54, 1.807) is 29.9 Å². The molecule has 3 rings (SSSR count). The standard InChI is InChI=1S/C14H20N2O4S/c1-19-13-7-11(10-20-12-3-2-6-15-8-12)16(9-13)21(17,18)14-4-5-14/h2-3,6,8,11,13-14H,4-5,7,9-10H2,1H3/t11-,13+/m0/s1. The number of hydrogen-bond acceptors (Lipinski definition) is 5. The van der Waals surface area contributed by atoms with Crippen molar-refractivity contribution in [3.63, 3.8) is 0 Å². The summed E-state index contributed by atoms with van der Waals surface area (Å²) in [6.07, 6.45) is 5.46. The molecule has 0 aromatic carbocycles. The molecular weight excluding hydrogens is 292 g/mol. The second-order valence-electron chi connectivity index (χ2n) is 5.56. The predicted molar refractivity (Wildman–Crippen MR) is 77.6 cm³/mol. The van der Waals surface area contributed by atoms with Gasteiger partial charge in [-0.25, -0.2) is 8.42 Å². The molecule has 0 bridgehead atoms. The van der Waals surface area contributed by atoms with Gasteiger partial charge in [0.1, 0.15) is 12.4 Å². The normalized spacial score (nSPS) is 26.9. The highest BCUT2D eigenvalue weighted by Crippen LogP contribution is 2.35. The van der Waals surface area contributed by atoms with Gasteiger partial charge in [-0.1, -0.05) is 0 Å². The minimum Gasteiger partial charge on any atom is -0.490 e. The highest BCUT2D eigenvalue weighted by Gasteiger charge is 2.47. The molecule has 0 amide bonds. The summed E-state index contributed by atoms with van der Waals surface area (Å²) in [7, 11) is -1.58. The third kappa shape index (κ3) is 3.20. The largest absolute Gasteiger partial charge is 0.490 e. The summed E-state index contributed by atoms with van der Waals surface area (Å²) in [4.78, 5) is 3.99. The second kappa shape index (κ2) is 5.90. The Morgan fingerprint density at radius 3 is 2.86 bits per heavy atom. The number of nitrogens with zero attached hydrogens (tertiary/aromatic N) is 2. The second-order valence-corrected chi connectivity index (χ2v) is 7.73. The number of methoxy groups -OCH3 is 1. The van der Waals surface area contributed by atoms with Crippen molar-refractivity contribution in [1.29, 1.82) is 0 Å². The van der Waals surface area contributed by atoms with Crippen molar-refractivity contribution in [2.75, 3.05) is 20.3 Å². The van der Waals surface area contributed by atoms with Gasteiger partial charge >= 0.3 is 0 Å². The van der Waals surface area contributed by atoms with E-state index in [1.165, 1.54) is 0 Å². The molecule has 0 unspecified atom stereocenters. The lowest BCUT2D eigenvalue weighted by Gasteiger charge is -2.23. The fourth-order valence-electron chi connectivity index (χ4n) is 2.66.